The highest BCUT2D eigenvalue weighted by molar-refractivity contribution is 7.92. The van der Waals surface area contributed by atoms with E-state index >= 15 is 0 Å². The second kappa shape index (κ2) is 6.44. The highest BCUT2D eigenvalue weighted by Gasteiger charge is 2.23. The number of nitrogens with one attached hydrogen (secondary N) is 1. The van der Waals surface area contributed by atoms with Crippen LogP contribution in [0, 0.1) is 11.6 Å². The minimum atomic E-state index is -4.30. The minimum Gasteiger partial charge on any atom is -0.312 e. The van der Waals surface area contributed by atoms with Crippen molar-refractivity contribution in [1.82, 2.24) is 0 Å². The lowest BCUT2D eigenvalue weighted by molar-refractivity contribution is -0.116. The second-order valence-electron chi connectivity index (χ2n) is 5.80. The molecule has 1 heterocycles. The standard InChI is InChI=1S/C17H16F2N2O3S/c1-11(22)21-8-2-3-12-4-6-14(10-16(12)21)20-25(23,24)17-9-13(18)5-7-15(17)19/h4-7,9-10,20H,2-3,8H2,1H3. The molecular weight excluding hydrogens is 350 g/mol. The fourth-order valence-electron chi connectivity index (χ4n) is 2.86. The number of halogens is 2. The SMILES string of the molecule is CC(=O)N1CCCc2ccc(NS(=O)(=O)c3cc(F)ccc3F)cc21. The second-order valence-corrected chi connectivity index (χ2v) is 7.45. The van der Waals surface area contributed by atoms with Crippen molar-refractivity contribution in [3.8, 4) is 0 Å². The van der Waals surface area contributed by atoms with E-state index in [1.165, 1.54) is 19.1 Å². The molecule has 3 rings (SSSR count). The van der Waals surface area contributed by atoms with Crippen molar-refractivity contribution in [3.63, 3.8) is 0 Å². The number of hydrogen-bond acceptors (Lipinski definition) is 3. The molecule has 1 amide bonds. The highest BCUT2D eigenvalue weighted by atomic mass is 32.2. The zero-order chi connectivity index (χ0) is 18.2. The van der Waals surface area contributed by atoms with Gasteiger partial charge in [0, 0.05) is 19.2 Å². The summed E-state index contributed by atoms with van der Waals surface area (Å²) in [7, 11) is -4.30. The molecule has 1 N–H and O–H groups in total. The van der Waals surface area contributed by atoms with E-state index in [-0.39, 0.29) is 11.6 Å². The highest BCUT2D eigenvalue weighted by Crippen LogP contribution is 2.31. The number of rotatable bonds is 3. The van der Waals surface area contributed by atoms with Gasteiger partial charge in [0.1, 0.15) is 16.5 Å². The molecule has 1 aliphatic heterocycles. The van der Waals surface area contributed by atoms with Gasteiger partial charge in [0.2, 0.25) is 5.91 Å². The molecule has 0 saturated heterocycles. The Morgan fingerprint density at radius 1 is 1.16 bits per heavy atom. The van der Waals surface area contributed by atoms with Crippen LogP contribution in [0.3, 0.4) is 0 Å². The Labute approximate surface area is 144 Å². The Morgan fingerprint density at radius 2 is 1.92 bits per heavy atom. The summed E-state index contributed by atoms with van der Waals surface area (Å²) in [4.78, 5) is 12.6. The number of carbonyl (C=O) groups excluding carboxylic acids is 1. The Balaban J connectivity index is 1.97. The van der Waals surface area contributed by atoms with Gasteiger partial charge in [0.15, 0.2) is 0 Å². The van der Waals surface area contributed by atoms with Crippen LogP contribution in [0.1, 0.15) is 18.9 Å². The van der Waals surface area contributed by atoms with Gasteiger partial charge in [-0.25, -0.2) is 17.2 Å². The molecule has 0 saturated carbocycles. The first-order chi connectivity index (χ1) is 11.8. The summed E-state index contributed by atoms with van der Waals surface area (Å²) in [6, 6.07) is 7.02. The number of sulfonamides is 1. The summed E-state index contributed by atoms with van der Waals surface area (Å²) < 4.78 is 54.0. The molecule has 132 valence electrons. The summed E-state index contributed by atoms with van der Waals surface area (Å²) in [5.74, 6) is -2.04. The van der Waals surface area contributed by atoms with E-state index in [1.807, 2.05) is 0 Å². The molecule has 8 heteroatoms. The number of aryl methyl sites for hydroxylation is 1. The Hall–Kier alpha value is -2.48. The topological polar surface area (TPSA) is 66.5 Å². The van der Waals surface area contributed by atoms with Gasteiger partial charge in [-0.3, -0.25) is 9.52 Å². The predicted molar refractivity (Wildman–Crippen MR) is 90.0 cm³/mol. The molecule has 0 atom stereocenters. The van der Waals surface area contributed by atoms with Gasteiger partial charge in [-0.15, -0.1) is 0 Å². The van der Waals surface area contributed by atoms with E-state index in [4.69, 9.17) is 0 Å². The lowest BCUT2D eigenvalue weighted by atomic mass is 10.0. The Bertz CT molecular complexity index is 945. The quantitative estimate of drug-likeness (QED) is 0.908. The van der Waals surface area contributed by atoms with Crippen LogP contribution in [0.25, 0.3) is 0 Å². The third kappa shape index (κ3) is 3.48. The first-order valence-corrected chi connectivity index (χ1v) is 9.15. The van der Waals surface area contributed by atoms with E-state index in [0.29, 0.717) is 18.3 Å². The van der Waals surface area contributed by atoms with Gasteiger partial charge in [0.05, 0.1) is 5.69 Å². The van der Waals surface area contributed by atoms with E-state index in [1.54, 1.807) is 11.0 Å². The molecule has 25 heavy (non-hydrogen) atoms. The van der Waals surface area contributed by atoms with Crippen molar-refractivity contribution in [1.29, 1.82) is 0 Å². The molecule has 0 bridgehead atoms. The van der Waals surface area contributed by atoms with Crippen LogP contribution >= 0.6 is 0 Å². The Kier molecular flexibility index (Phi) is 4.47. The fourth-order valence-corrected chi connectivity index (χ4v) is 4.00. The first kappa shape index (κ1) is 17.3. The van der Waals surface area contributed by atoms with Crippen molar-refractivity contribution < 1.29 is 22.0 Å². The molecule has 0 aromatic heterocycles. The maximum absolute atomic E-state index is 13.8. The number of nitrogens with zero attached hydrogens (tertiary/aromatic N) is 1. The van der Waals surface area contributed by atoms with Gasteiger partial charge in [-0.05, 0) is 48.7 Å². The summed E-state index contributed by atoms with van der Waals surface area (Å²) in [6.45, 7) is 1.99. The molecule has 5 nitrogen and oxygen atoms in total. The van der Waals surface area contributed by atoms with Crippen molar-refractivity contribution in [2.24, 2.45) is 0 Å². The molecule has 0 spiro atoms. The maximum Gasteiger partial charge on any atom is 0.264 e. The predicted octanol–water partition coefficient (Wildman–Crippen LogP) is 3.06. The average molecular weight is 366 g/mol. The van der Waals surface area contributed by atoms with Crippen molar-refractivity contribution in [2.45, 2.75) is 24.7 Å². The van der Waals surface area contributed by atoms with Crippen molar-refractivity contribution >= 4 is 27.3 Å². The molecule has 2 aromatic carbocycles. The summed E-state index contributed by atoms with van der Waals surface area (Å²) in [5.41, 5.74) is 1.73. The maximum atomic E-state index is 13.8. The normalized spacial score (nSPS) is 14.1. The number of amides is 1. The van der Waals surface area contributed by atoms with Gasteiger partial charge in [0.25, 0.3) is 10.0 Å². The van der Waals surface area contributed by atoms with Crippen LogP contribution in [0.4, 0.5) is 20.2 Å². The number of benzene rings is 2. The van der Waals surface area contributed by atoms with Crippen molar-refractivity contribution in [2.75, 3.05) is 16.2 Å². The molecular formula is C17H16F2N2O3S. The summed E-state index contributed by atoms with van der Waals surface area (Å²) in [6.07, 6.45) is 1.61. The molecule has 0 aliphatic carbocycles. The monoisotopic (exact) mass is 366 g/mol. The fraction of sp³-hybridized carbons (Fsp3) is 0.235. The minimum absolute atomic E-state index is 0.142. The van der Waals surface area contributed by atoms with Crippen LogP contribution in [0.15, 0.2) is 41.3 Å². The lowest BCUT2D eigenvalue weighted by Gasteiger charge is -2.29. The van der Waals surface area contributed by atoms with E-state index in [9.17, 15) is 22.0 Å². The van der Waals surface area contributed by atoms with Crippen LogP contribution in [0.2, 0.25) is 0 Å². The zero-order valence-corrected chi connectivity index (χ0v) is 14.2. The largest absolute Gasteiger partial charge is 0.312 e. The number of hydrogen-bond donors (Lipinski definition) is 1. The average Bonchev–Trinajstić information content (AvgIpc) is 2.55. The van der Waals surface area contributed by atoms with E-state index in [2.05, 4.69) is 4.72 Å². The molecule has 1 aliphatic rings. The number of anilines is 2. The smallest absolute Gasteiger partial charge is 0.264 e. The number of carbonyl (C=O) groups is 1. The third-order valence-corrected chi connectivity index (χ3v) is 5.42. The molecule has 0 radical (unpaired) electrons. The van der Waals surface area contributed by atoms with E-state index < -0.39 is 26.6 Å². The molecule has 2 aromatic rings. The van der Waals surface area contributed by atoms with Crippen LogP contribution in [-0.2, 0) is 21.2 Å². The van der Waals surface area contributed by atoms with Crippen LogP contribution in [-0.4, -0.2) is 20.9 Å². The van der Waals surface area contributed by atoms with Crippen LogP contribution < -0.4 is 9.62 Å². The van der Waals surface area contributed by atoms with Gasteiger partial charge in [-0.1, -0.05) is 6.07 Å². The van der Waals surface area contributed by atoms with Gasteiger partial charge < -0.3 is 4.90 Å². The molecule has 0 fully saturated rings. The third-order valence-electron chi connectivity index (χ3n) is 4.02. The van der Waals surface area contributed by atoms with Gasteiger partial charge >= 0.3 is 0 Å². The van der Waals surface area contributed by atoms with Crippen LogP contribution in [0.5, 0.6) is 0 Å². The first-order valence-electron chi connectivity index (χ1n) is 7.67. The van der Waals surface area contributed by atoms with E-state index in [0.717, 1.165) is 30.5 Å². The van der Waals surface area contributed by atoms with Gasteiger partial charge in [-0.2, -0.15) is 0 Å². The number of fused-ring (bicyclic) bond motifs is 1. The summed E-state index contributed by atoms with van der Waals surface area (Å²) >= 11 is 0. The lowest BCUT2D eigenvalue weighted by Crippen LogP contribution is -2.33. The zero-order valence-electron chi connectivity index (χ0n) is 13.4. The Morgan fingerprint density at radius 3 is 2.64 bits per heavy atom. The molecule has 0 unspecified atom stereocenters. The van der Waals surface area contributed by atoms with Crippen molar-refractivity contribution in [3.05, 3.63) is 53.6 Å². The summed E-state index contributed by atoms with van der Waals surface area (Å²) in [5, 5.41) is 0.